The van der Waals surface area contributed by atoms with E-state index in [1.165, 1.54) is 12.0 Å². The minimum atomic E-state index is -0.881. The van der Waals surface area contributed by atoms with Crippen LogP contribution < -0.4 is 4.74 Å². The van der Waals surface area contributed by atoms with E-state index in [1.807, 2.05) is 0 Å². The molecule has 8 nitrogen and oxygen atoms in total. The SMILES string of the molecule is C=CCOc1ccc(C(O)=C2C(=O)C(=O)N(Cc3cccnc3)[C@@H]2c2ccc(C(=O)OC)cc2)cc1. The van der Waals surface area contributed by atoms with Crippen LogP contribution in [0.4, 0.5) is 0 Å². The van der Waals surface area contributed by atoms with Gasteiger partial charge in [0.25, 0.3) is 11.7 Å². The zero-order valence-corrected chi connectivity index (χ0v) is 19.6. The van der Waals surface area contributed by atoms with Crippen LogP contribution in [0.3, 0.4) is 0 Å². The molecule has 2 aromatic carbocycles. The minimum Gasteiger partial charge on any atom is -0.507 e. The fourth-order valence-electron chi connectivity index (χ4n) is 4.02. The molecule has 0 bridgehead atoms. The van der Waals surface area contributed by atoms with Crippen molar-refractivity contribution in [3.8, 4) is 5.75 Å². The van der Waals surface area contributed by atoms with E-state index in [1.54, 1.807) is 79.1 Å². The largest absolute Gasteiger partial charge is 0.507 e. The molecule has 1 fully saturated rings. The van der Waals surface area contributed by atoms with Gasteiger partial charge in [-0.2, -0.15) is 0 Å². The highest BCUT2D eigenvalue weighted by Crippen LogP contribution is 2.40. The van der Waals surface area contributed by atoms with Crippen molar-refractivity contribution in [2.45, 2.75) is 12.6 Å². The van der Waals surface area contributed by atoms with Gasteiger partial charge in [0, 0.05) is 24.5 Å². The maximum absolute atomic E-state index is 13.2. The number of rotatable bonds is 8. The van der Waals surface area contributed by atoms with Crippen molar-refractivity contribution in [3.63, 3.8) is 0 Å². The zero-order chi connectivity index (χ0) is 25.7. The summed E-state index contributed by atoms with van der Waals surface area (Å²) in [5, 5.41) is 11.2. The summed E-state index contributed by atoms with van der Waals surface area (Å²) < 4.78 is 10.2. The standard InChI is InChI=1S/C28H24N2O6/c1-3-15-36-22-12-10-20(11-13-22)25(31)23-24(19-6-8-21(9-7-19)28(34)35-2)30(27(33)26(23)32)17-18-5-4-14-29-16-18/h3-14,16,24,31H,1,15,17H2,2H3/t24-/m1/s1. The first-order valence-electron chi connectivity index (χ1n) is 11.1. The van der Waals surface area contributed by atoms with Crippen molar-refractivity contribution in [1.82, 2.24) is 9.88 Å². The summed E-state index contributed by atoms with van der Waals surface area (Å²) in [6.45, 7) is 4.04. The van der Waals surface area contributed by atoms with Crippen LogP contribution >= 0.6 is 0 Å². The Labute approximate surface area is 208 Å². The van der Waals surface area contributed by atoms with Crippen LogP contribution in [0.2, 0.25) is 0 Å². The number of aliphatic hydroxyl groups is 1. The van der Waals surface area contributed by atoms with Crippen molar-refractivity contribution >= 4 is 23.4 Å². The van der Waals surface area contributed by atoms with Gasteiger partial charge in [-0.25, -0.2) is 4.79 Å². The van der Waals surface area contributed by atoms with Gasteiger partial charge in [0.15, 0.2) is 0 Å². The fraction of sp³-hybridized carbons (Fsp3) is 0.143. The molecule has 2 heterocycles. The van der Waals surface area contributed by atoms with Crippen LogP contribution in [-0.2, 0) is 20.9 Å². The van der Waals surface area contributed by atoms with Gasteiger partial charge in [0.1, 0.15) is 18.1 Å². The zero-order valence-electron chi connectivity index (χ0n) is 19.6. The first kappa shape index (κ1) is 24.4. The summed E-state index contributed by atoms with van der Waals surface area (Å²) in [4.78, 5) is 43.7. The maximum atomic E-state index is 13.2. The molecular formula is C28H24N2O6. The van der Waals surface area contributed by atoms with Crippen LogP contribution in [0.15, 0.2) is 91.3 Å². The number of hydrogen-bond donors (Lipinski definition) is 1. The van der Waals surface area contributed by atoms with Gasteiger partial charge in [0.2, 0.25) is 0 Å². The lowest BCUT2D eigenvalue weighted by Crippen LogP contribution is -2.29. The number of carbonyl (C=O) groups excluding carboxylic acids is 3. The Balaban J connectivity index is 1.79. The van der Waals surface area contributed by atoms with Gasteiger partial charge in [-0.05, 0) is 53.6 Å². The lowest BCUT2D eigenvalue weighted by molar-refractivity contribution is -0.140. The second-order valence-corrected chi connectivity index (χ2v) is 8.03. The molecule has 1 amide bonds. The number of ketones is 1. The van der Waals surface area contributed by atoms with Crippen LogP contribution in [0.25, 0.3) is 5.76 Å². The summed E-state index contributed by atoms with van der Waals surface area (Å²) in [5.74, 6) is -1.79. The Morgan fingerprint density at radius 3 is 2.39 bits per heavy atom. The van der Waals surface area contributed by atoms with E-state index in [-0.39, 0.29) is 17.9 Å². The molecule has 0 aliphatic carbocycles. The van der Waals surface area contributed by atoms with Gasteiger partial charge in [0.05, 0.1) is 24.3 Å². The van der Waals surface area contributed by atoms with Crippen LogP contribution in [0.1, 0.15) is 33.1 Å². The number of aliphatic hydroxyl groups excluding tert-OH is 1. The number of aromatic nitrogens is 1. The lowest BCUT2D eigenvalue weighted by Gasteiger charge is -2.25. The molecule has 1 saturated heterocycles. The Morgan fingerprint density at radius 2 is 1.78 bits per heavy atom. The number of likely N-dealkylation sites (tertiary alicyclic amines) is 1. The third kappa shape index (κ3) is 4.88. The van der Waals surface area contributed by atoms with Crippen LogP contribution in [0.5, 0.6) is 5.75 Å². The van der Waals surface area contributed by atoms with Crippen molar-refractivity contribution in [2.75, 3.05) is 13.7 Å². The van der Waals surface area contributed by atoms with Crippen molar-refractivity contribution in [3.05, 3.63) is 114 Å². The van der Waals surface area contributed by atoms with Gasteiger partial charge >= 0.3 is 5.97 Å². The predicted molar refractivity (Wildman–Crippen MR) is 132 cm³/mol. The Hall–Kier alpha value is -4.72. The van der Waals surface area contributed by atoms with Crippen molar-refractivity contribution in [1.29, 1.82) is 0 Å². The predicted octanol–water partition coefficient (Wildman–Crippen LogP) is 4.05. The average molecular weight is 485 g/mol. The smallest absolute Gasteiger partial charge is 0.337 e. The number of amides is 1. The number of nitrogens with zero attached hydrogens (tertiary/aromatic N) is 2. The minimum absolute atomic E-state index is 0.0468. The summed E-state index contributed by atoms with van der Waals surface area (Å²) in [5.41, 5.74) is 1.91. The summed E-state index contributed by atoms with van der Waals surface area (Å²) in [6.07, 6.45) is 4.84. The van der Waals surface area contributed by atoms with E-state index < -0.39 is 23.7 Å². The lowest BCUT2D eigenvalue weighted by atomic mass is 9.94. The fourth-order valence-corrected chi connectivity index (χ4v) is 4.02. The molecule has 36 heavy (non-hydrogen) atoms. The molecule has 1 aliphatic heterocycles. The molecule has 1 N–H and O–H groups in total. The first-order chi connectivity index (χ1) is 17.4. The molecule has 1 atom stereocenters. The number of pyridine rings is 1. The molecule has 0 radical (unpaired) electrons. The maximum Gasteiger partial charge on any atom is 0.337 e. The molecule has 8 heteroatoms. The summed E-state index contributed by atoms with van der Waals surface area (Å²) in [7, 11) is 1.28. The van der Waals surface area contributed by atoms with Crippen LogP contribution in [-0.4, -0.2) is 46.4 Å². The van der Waals surface area contributed by atoms with E-state index in [4.69, 9.17) is 9.47 Å². The quantitative estimate of drug-likeness (QED) is 0.169. The molecule has 0 unspecified atom stereocenters. The van der Waals surface area contributed by atoms with Gasteiger partial charge < -0.3 is 19.5 Å². The van der Waals surface area contributed by atoms with Crippen molar-refractivity contribution in [2.24, 2.45) is 0 Å². The molecule has 3 aromatic rings. The third-order valence-electron chi connectivity index (χ3n) is 5.76. The number of Topliss-reactive ketones (excluding diaryl/α,β-unsaturated/α-hetero) is 1. The van der Waals surface area contributed by atoms with Gasteiger partial charge in [-0.3, -0.25) is 14.6 Å². The van der Waals surface area contributed by atoms with E-state index in [0.29, 0.717) is 29.0 Å². The number of carbonyl (C=O) groups is 3. The van der Waals surface area contributed by atoms with Crippen molar-refractivity contribution < 1.29 is 29.0 Å². The average Bonchev–Trinajstić information content (AvgIpc) is 3.17. The van der Waals surface area contributed by atoms with Gasteiger partial charge in [-0.1, -0.05) is 30.9 Å². The number of esters is 1. The molecule has 1 aromatic heterocycles. The highest BCUT2D eigenvalue weighted by Gasteiger charge is 2.46. The highest BCUT2D eigenvalue weighted by atomic mass is 16.5. The van der Waals surface area contributed by atoms with Crippen LogP contribution in [0, 0.1) is 0 Å². The van der Waals surface area contributed by atoms with E-state index in [0.717, 1.165) is 5.56 Å². The molecule has 0 saturated carbocycles. The third-order valence-corrected chi connectivity index (χ3v) is 5.76. The second-order valence-electron chi connectivity index (χ2n) is 8.03. The van der Waals surface area contributed by atoms with Gasteiger partial charge in [-0.15, -0.1) is 0 Å². The number of ether oxygens (including phenoxy) is 2. The number of benzene rings is 2. The Morgan fingerprint density at radius 1 is 1.08 bits per heavy atom. The highest BCUT2D eigenvalue weighted by molar-refractivity contribution is 6.46. The summed E-state index contributed by atoms with van der Waals surface area (Å²) in [6, 6.07) is 15.6. The Bertz CT molecular complexity index is 1310. The number of hydrogen-bond acceptors (Lipinski definition) is 7. The normalized spacial score (nSPS) is 16.6. The molecule has 1 aliphatic rings. The molecule has 182 valence electrons. The first-order valence-corrected chi connectivity index (χ1v) is 11.1. The second kappa shape index (κ2) is 10.7. The monoisotopic (exact) mass is 484 g/mol. The molecular weight excluding hydrogens is 460 g/mol. The molecule has 4 rings (SSSR count). The van der Waals surface area contributed by atoms with E-state index in [2.05, 4.69) is 11.6 Å². The Kier molecular flexibility index (Phi) is 7.25. The topological polar surface area (TPSA) is 106 Å². The summed E-state index contributed by atoms with van der Waals surface area (Å²) >= 11 is 0. The number of methoxy groups -OCH3 is 1. The van der Waals surface area contributed by atoms with E-state index in [9.17, 15) is 19.5 Å². The molecule has 0 spiro atoms. The van der Waals surface area contributed by atoms with E-state index >= 15 is 0 Å².